The average molecular weight is 313 g/mol. The van der Waals surface area contributed by atoms with Crippen molar-refractivity contribution in [3.8, 4) is 5.75 Å². The highest BCUT2D eigenvalue weighted by Gasteiger charge is 2.13. The highest BCUT2D eigenvalue weighted by molar-refractivity contribution is 5.89. The Morgan fingerprint density at radius 2 is 1.61 bits per heavy atom. The lowest BCUT2D eigenvalue weighted by Gasteiger charge is -2.22. The monoisotopic (exact) mass is 313 g/mol. The fourth-order valence-corrected chi connectivity index (χ4v) is 2.56. The van der Waals surface area contributed by atoms with Crippen LogP contribution in [0, 0.1) is 0 Å². The first-order chi connectivity index (χ1) is 11.2. The number of carbonyl (C=O) groups is 1. The quantitative estimate of drug-likeness (QED) is 0.805. The summed E-state index contributed by atoms with van der Waals surface area (Å²) in [5, 5.41) is 9.32. The second-order valence-electron chi connectivity index (χ2n) is 5.31. The van der Waals surface area contributed by atoms with Crippen molar-refractivity contribution in [2.75, 3.05) is 13.2 Å². The van der Waals surface area contributed by atoms with E-state index in [2.05, 4.69) is 17.9 Å². The maximum Gasteiger partial charge on any atom is 0.336 e. The molecule has 0 aliphatic carbocycles. The summed E-state index contributed by atoms with van der Waals surface area (Å²) < 4.78 is 5.67. The van der Waals surface area contributed by atoms with Gasteiger partial charge in [0.1, 0.15) is 5.75 Å². The molecule has 0 fully saturated rings. The van der Waals surface area contributed by atoms with E-state index in [1.54, 1.807) is 12.1 Å². The molecule has 0 saturated carbocycles. The summed E-state index contributed by atoms with van der Waals surface area (Å²) in [5.41, 5.74) is 2.31. The maximum atomic E-state index is 11.4. The fourth-order valence-electron chi connectivity index (χ4n) is 2.56. The summed E-state index contributed by atoms with van der Waals surface area (Å²) in [6.45, 7) is 6.82. The molecule has 0 aliphatic heterocycles. The molecule has 2 rings (SSSR count). The Balaban J connectivity index is 2.17. The Morgan fingerprint density at radius 3 is 2.26 bits per heavy atom. The van der Waals surface area contributed by atoms with Crippen molar-refractivity contribution in [2.45, 2.75) is 26.9 Å². The summed E-state index contributed by atoms with van der Waals surface area (Å²) in [6, 6.07) is 15.1. The minimum absolute atomic E-state index is 0.365. The van der Waals surface area contributed by atoms with E-state index in [4.69, 9.17) is 4.74 Å². The fraction of sp³-hybridized carbons (Fsp3) is 0.316. The Hall–Kier alpha value is -2.33. The molecule has 2 aromatic carbocycles. The molecule has 0 amide bonds. The van der Waals surface area contributed by atoms with Crippen LogP contribution in [0.1, 0.15) is 35.3 Å². The van der Waals surface area contributed by atoms with Crippen LogP contribution in [-0.2, 0) is 13.1 Å². The van der Waals surface area contributed by atoms with Gasteiger partial charge in [-0.25, -0.2) is 4.79 Å². The van der Waals surface area contributed by atoms with Gasteiger partial charge in [0.05, 0.1) is 12.2 Å². The molecule has 0 spiro atoms. The van der Waals surface area contributed by atoms with Crippen LogP contribution in [0.15, 0.2) is 48.5 Å². The third kappa shape index (κ3) is 4.57. The normalized spacial score (nSPS) is 10.7. The Bertz CT molecular complexity index is 655. The van der Waals surface area contributed by atoms with Gasteiger partial charge in [0.2, 0.25) is 0 Å². The third-order valence-corrected chi connectivity index (χ3v) is 3.76. The van der Waals surface area contributed by atoms with E-state index >= 15 is 0 Å². The van der Waals surface area contributed by atoms with Gasteiger partial charge in [-0.1, -0.05) is 43.3 Å². The molecular weight excluding hydrogens is 290 g/mol. The van der Waals surface area contributed by atoms with Crippen LogP contribution in [0.4, 0.5) is 0 Å². The summed E-state index contributed by atoms with van der Waals surface area (Å²) in [6.07, 6.45) is 0. The van der Waals surface area contributed by atoms with Crippen molar-refractivity contribution in [1.82, 2.24) is 4.90 Å². The van der Waals surface area contributed by atoms with E-state index in [0.29, 0.717) is 18.7 Å². The van der Waals surface area contributed by atoms with Crippen LogP contribution in [0.25, 0.3) is 0 Å². The molecule has 0 radical (unpaired) electrons. The van der Waals surface area contributed by atoms with Gasteiger partial charge in [-0.15, -0.1) is 0 Å². The zero-order chi connectivity index (χ0) is 16.7. The molecule has 0 unspecified atom stereocenters. The minimum atomic E-state index is -0.883. The number of ether oxygens (including phenoxy) is 1. The molecular formula is C19H23NO3. The predicted molar refractivity (Wildman–Crippen MR) is 90.8 cm³/mol. The first-order valence-corrected chi connectivity index (χ1v) is 7.90. The number of para-hydroxylation sites is 1. The van der Waals surface area contributed by atoms with E-state index in [-0.39, 0.29) is 0 Å². The average Bonchev–Trinajstić information content (AvgIpc) is 2.56. The number of benzene rings is 2. The second-order valence-corrected chi connectivity index (χ2v) is 5.31. The number of hydrogen-bond donors (Lipinski definition) is 1. The van der Waals surface area contributed by atoms with Gasteiger partial charge >= 0.3 is 5.97 Å². The molecule has 0 saturated heterocycles. The van der Waals surface area contributed by atoms with Gasteiger partial charge in [-0.2, -0.15) is 0 Å². The number of aromatic carboxylic acids is 1. The molecule has 0 aromatic heterocycles. The third-order valence-electron chi connectivity index (χ3n) is 3.76. The van der Waals surface area contributed by atoms with Crippen molar-refractivity contribution < 1.29 is 14.6 Å². The standard InChI is InChI=1S/C19H23NO3/c1-3-20(13-15-9-5-7-11-17(15)19(21)22)14-16-10-6-8-12-18(16)23-4-2/h5-12H,3-4,13-14H2,1-2H3,(H,21,22). The Kier molecular flexibility index (Phi) is 6.18. The molecule has 4 nitrogen and oxygen atoms in total. The largest absolute Gasteiger partial charge is 0.494 e. The van der Waals surface area contributed by atoms with Crippen molar-refractivity contribution in [3.63, 3.8) is 0 Å². The molecule has 23 heavy (non-hydrogen) atoms. The van der Waals surface area contributed by atoms with Gasteiger partial charge in [-0.3, -0.25) is 4.90 Å². The van der Waals surface area contributed by atoms with Crippen LogP contribution in [0.2, 0.25) is 0 Å². The molecule has 0 aliphatic rings. The number of nitrogens with zero attached hydrogens (tertiary/aromatic N) is 1. The first-order valence-electron chi connectivity index (χ1n) is 7.90. The Morgan fingerprint density at radius 1 is 1.00 bits per heavy atom. The highest BCUT2D eigenvalue weighted by Crippen LogP contribution is 2.21. The second kappa shape index (κ2) is 8.34. The lowest BCUT2D eigenvalue weighted by molar-refractivity contribution is 0.0694. The van der Waals surface area contributed by atoms with E-state index in [1.165, 1.54) is 0 Å². The van der Waals surface area contributed by atoms with Crippen LogP contribution in [0.3, 0.4) is 0 Å². The lowest BCUT2D eigenvalue weighted by atomic mass is 10.1. The van der Waals surface area contributed by atoms with E-state index < -0.39 is 5.97 Å². The molecule has 0 atom stereocenters. The van der Waals surface area contributed by atoms with Crippen molar-refractivity contribution in [1.29, 1.82) is 0 Å². The molecule has 122 valence electrons. The smallest absolute Gasteiger partial charge is 0.336 e. The van der Waals surface area contributed by atoms with Gasteiger partial charge < -0.3 is 9.84 Å². The van der Waals surface area contributed by atoms with Crippen LogP contribution < -0.4 is 4.74 Å². The van der Waals surface area contributed by atoms with E-state index in [1.807, 2.05) is 37.3 Å². The predicted octanol–water partition coefficient (Wildman–Crippen LogP) is 3.81. The van der Waals surface area contributed by atoms with Gasteiger partial charge in [0.25, 0.3) is 0 Å². The summed E-state index contributed by atoms with van der Waals surface area (Å²) >= 11 is 0. The van der Waals surface area contributed by atoms with Gasteiger partial charge in [-0.05, 0) is 31.2 Å². The zero-order valence-corrected chi connectivity index (χ0v) is 13.7. The number of hydrogen-bond acceptors (Lipinski definition) is 3. The van der Waals surface area contributed by atoms with E-state index in [9.17, 15) is 9.90 Å². The van der Waals surface area contributed by atoms with Gasteiger partial charge in [0, 0.05) is 18.7 Å². The number of carboxylic acids is 1. The maximum absolute atomic E-state index is 11.4. The van der Waals surface area contributed by atoms with E-state index in [0.717, 1.165) is 30.0 Å². The molecule has 0 heterocycles. The lowest BCUT2D eigenvalue weighted by Crippen LogP contribution is -2.24. The molecule has 4 heteroatoms. The number of carboxylic acid groups (broad SMARTS) is 1. The van der Waals surface area contributed by atoms with Crippen molar-refractivity contribution >= 4 is 5.97 Å². The van der Waals surface area contributed by atoms with Crippen LogP contribution in [0.5, 0.6) is 5.75 Å². The minimum Gasteiger partial charge on any atom is -0.494 e. The molecule has 0 bridgehead atoms. The number of rotatable bonds is 8. The van der Waals surface area contributed by atoms with Gasteiger partial charge in [0.15, 0.2) is 0 Å². The topological polar surface area (TPSA) is 49.8 Å². The summed E-state index contributed by atoms with van der Waals surface area (Å²) in [7, 11) is 0. The zero-order valence-electron chi connectivity index (χ0n) is 13.7. The Labute approximate surface area is 137 Å². The molecule has 2 aromatic rings. The van der Waals surface area contributed by atoms with Crippen molar-refractivity contribution in [2.24, 2.45) is 0 Å². The van der Waals surface area contributed by atoms with Crippen molar-refractivity contribution in [3.05, 3.63) is 65.2 Å². The van der Waals surface area contributed by atoms with Crippen LogP contribution >= 0.6 is 0 Å². The highest BCUT2D eigenvalue weighted by atomic mass is 16.5. The SMILES string of the molecule is CCOc1ccccc1CN(CC)Cc1ccccc1C(=O)O. The summed E-state index contributed by atoms with van der Waals surface area (Å²) in [5.74, 6) is 0.00587. The molecule has 1 N–H and O–H groups in total. The summed E-state index contributed by atoms with van der Waals surface area (Å²) in [4.78, 5) is 13.6. The first kappa shape index (κ1) is 17.0. The van der Waals surface area contributed by atoms with Crippen LogP contribution in [-0.4, -0.2) is 29.1 Å².